The van der Waals surface area contributed by atoms with Crippen LogP contribution in [0.3, 0.4) is 0 Å². The maximum absolute atomic E-state index is 11.4. The van der Waals surface area contributed by atoms with Gasteiger partial charge in [0, 0.05) is 12.3 Å². The third kappa shape index (κ3) is 1.70. The zero-order valence-corrected chi connectivity index (χ0v) is 7.55. The first-order valence-corrected chi connectivity index (χ1v) is 4.32. The molecule has 0 radical (unpaired) electrons. The van der Waals surface area contributed by atoms with Gasteiger partial charge in [-0.15, -0.1) is 0 Å². The van der Waals surface area contributed by atoms with Crippen LogP contribution in [0.25, 0.3) is 0 Å². The molecule has 0 amide bonds. The highest BCUT2D eigenvalue weighted by atomic mass is 16.1. The van der Waals surface area contributed by atoms with E-state index in [4.69, 9.17) is 0 Å². The second-order valence-corrected chi connectivity index (χ2v) is 3.67. The van der Waals surface area contributed by atoms with Crippen LogP contribution in [-0.4, -0.2) is 5.78 Å². The smallest absolute Gasteiger partial charge is 0.140 e. The molecule has 0 aromatic rings. The molecule has 1 rings (SSSR count). The van der Waals surface area contributed by atoms with Crippen LogP contribution in [0.2, 0.25) is 0 Å². The van der Waals surface area contributed by atoms with Gasteiger partial charge in [-0.2, -0.15) is 0 Å². The lowest BCUT2D eigenvalue weighted by Gasteiger charge is -2.23. The second kappa shape index (κ2) is 3.21. The molecule has 1 aliphatic rings. The topological polar surface area (TPSA) is 17.1 Å². The molecule has 11 heavy (non-hydrogen) atoms. The van der Waals surface area contributed by atoms with Crippen molar-refractivity contribution in [2.24, 2.45) is 11.8 Å². The first kappa shape index (κ1) is 8.51. The largest absolute Gasteiger partial charge is 0.299 e. The van der Waals surface area contributed by atoms with Crippen molar-refractivity contribution >= 4 is 5.78 Å². The number of hydrogen-bond acceptors (Lipinski definition) is 1. The summed E-state index contributed by atoms with van der Waals surface area (Å²) in [5.41, 5.74) is 1.27. The predicted octanol–water partition coefficient (Wildman–Crippen LogP) is 2.57. The zero-order chi connectivity index (χ0) is 8.43. The van der Waals surface area contributed by atoms with Crippen molar-refractivity contribution in [2.45, 2.75) is 33.6 Å². The number of Topliss-reactive ketones (excluding diaryl/α,β-unsaturated/α-hetero) is 1. The van der Waals surface area contributed by atoms with E-state index in [1.165, 1.54) is 5.57 Å². The molecule has 0 aromatic heterocycles. The summed E-state index contributed by atoms with van der Waals surface area (Å²) in [7, 11) is 0. The molecule has 0 aromatic carbocycles. The SMILES string of the molecule is CC1=CCCC(=O)C1C(C)C. The molecule has 0 saturated carbocycles. The van der Waals surface area contributed by atoms with Crippen molar-refractivity contribution in [3.8, 4) is 0 Å². The summed E-state index contributed by atoms with van der Waals surface area (Å²) in [6, 6.07) is 0. The van der Waals surface area contributed by atoms with Gasteiger partial charge in [0.15, 0.2) is 0 Å². The molecule has 1 heteroatoms. The fourth-order valence-corrected chi connectivity index (χ4v) is 1.88. The van der Waals surface area contributed by atoms with Gasteiger partial charge in [-0.1, -0.05) is 25.5 Å². The van der Waals surface area contributed by atoms with E-state index in [0.717, 1.165) is 12.8 Å². The van der Waals surface area contributed by atoms with Crippen LogP contribution < -0.4 is 0 Å². The molecule has 0 saturated heterocycles. The van der Waals surface area contributed by atoms with Gasteiger partial charge in [-0.05, 0) is 19.3 Å². The molecule has 0 N–H and O–H groups in total. The molecule has 0 fully saturated rings. The number of ketones is 1. The molecule has 1 atom stereocenters. The van der Waals surface area contributed by atoms with E-state index in [0.29, 0.717) is 11.7 Å². The quantitative estimate of drug-likeness (QED) is 0.528. The highest BCUT2D eigenvalue weighted by molar-refractivity contribution is 5.85. The Balaban J connectivity index is 2.80. The van der Waals surface area contributed by atoms with E-state index in [9.17, 15) is 4.79 Å². The standard InChI is InChI=1S/C10H16O/c1-7(2)10-8(3)5-4-6-9(10)11/h5,7,10H,4,6H2,1-3H3. The Kier molecular flexibility index (Phi) is 2.48. The van der Waals surface area contributed by atoms with Crippen molar-refractivity contribution < 1.29 is 4.79 Å². The average molecular weight is 152 g/mol. The van der Waals surface area contributed by atoms with Crippen LogP contribution in [0.5, 0.6) is 0 Å². The van der Waals surface area contributed by atoms with Gasteiger partial charge in [0.1, 0.15) is 5.78 Å². The Morgan fingerprint density at radius 2 is 2.18 bits per heavy atom. The minimum Gasteiger partial charge on any atom is -0.299 e. The third-order valence-electron chi connectivity index (χ3n) is 2.36. The van der Waals surface area contributed by atoms with Crippen molar-refractivity contribution in [1.82, 2.24) is 0 Å². The van der Waals surface area contributed by atoms with Gasteiger partial charge in [0.2, 0.25) is 0 Å². The summed E-state index contributed by atoms with van der Waals surface area (Å²) in [5.74, 6) is 1.11. The predicted molar refractivity (Wildman–Crippen MR) is 46.3 cm³/mol. The normalized spacial score (nSPS) is 25.6. The molecular formula is C10H16O. The first-order valence-electron chi connectivity index (χ1n) is 4.32. The van der Waals surface area contributed by atoms with Gasteiger partial charge >= 0.3 is 0 Å². The second-order valence-electron chi connectivity index (χ2n) is 3.67. The maximum Gasteiger partial charge on any atom is 0.140 e. The van der Waals surface area contributed by atoms with Crippen molar-refractivity contribution in [3.63, 3.8) is 0 Å². The Labute approximate surface area is 68.5 Å². The van der Waals surface area contributed by atoms with Crippen molar-refractivity contribution in [1.29, 1.82) is 0 Å². The molecule has 1 unspecified atom stereocenters. The molecule has 1 aliphatic carbocycles. The fraction of sp³-hybridized carbons (Fsp3) is 0.700. The average Bonchev–Trinajstić information content (AvgIpc) is 1.85. The number of hydrogen-bond donors (Lipinski definition) is 0. The Hall–Kier alpha value is -0.590. The molecule has 0 aliphatic heterocycles. The van der Waals surface area contributed by atoms with Crippen LogP contribution in [0.15, 0.2) is 11.6 Å². The minimum absolute atomic E-state index is 0.212. The summed E-state index contributed by atoms with van der Waals surface area (Å²) in [5, 5.41) is 0. The molecular weight excluding hydrogens is 136 g/mol. The van der Waals surface area contributed by atoms with Gasteiger partial charge in [-0.3, -0.25) is 4.79 Å². The summed E-state index contributed by atoms with van der Waals surface area (Å²) in [6.45, 7) is 6.30. The van der Waals surface area contributed by atoms with Gasteiger partial charge in [-0.25, -0.2) is 0 Å². The monoisotopic (exact) mass is 152 g/mol. The third-order valence-corrected chi connectivity index (χ3v) is 2.36. The number of carbonyl (C=O) groups is 1. The fourth-order valence-electron chi connectivity index (χ4n) is 1.88. The minimum atomic E-state index is 0.212. The molecule has 0 bridgehead atoms. The summed E-state index contributed by atoms with van der Waals surface area (Å²) in [4.78, 5) is 11.4. The van der Waals surface area contributed by atoms with Gasteiger partial charge < -0.3 is 0 Å². The maximum atomic E-state index is 11.4. The van der Waals surface area contributed by atoms with E-state index in [-0.39, 0.29) is 5.92 Å². The summed E-state index contributed by atoms with van der Waals surface area (Å²) < 4.78 is 0. The van der Waals surface area contributed by atoms with Crippen molar-refractivity contribution in [2.75, 3.05) is 0 Å². The van der Waals surface area contributed by atoms with E-state index >= 15 is 0 Å². The number of allylic oxidation sites excluding steroid dienone is 2. The van der Waals surface area contributed by atoms with E-state index < -0.39 is 0 Å². The van der Waals surface area contributed by atoms with E-state index in [1.807, 2.05) is 0 Å². The summed E-state index contributed by atoms with van der Waals surface area (Å²) >= 11 is 0. The van der Waals surface area contributed by atoms with Crippen LogP contribution in [0, 0.1) is 11.8 Å². The summed E-state index contributed by atoms with van der Waals surface area (Å²) in [6.07, 6.45) is 3.90. The molecule has 0 spiro atoms. The molecule has 0 heterocycles. The van der Waals surface area contributed by atoms with Crippen LogP contribution in [-0.2, 0) is 4.79 Å². The number of rotatable bonds is 1. The lowest BCUT2D eigenvalue weighted by atomic mass is 9.80. The van der Waals surface area contributed by atoms with Crippen LogP contribution >= 0.6 is 0 Å². The highest BCUT2D eigenvalue weighted by Gasteiger charge is 2.25. The Morgan fingerprint density at radius 1 is 1.55 bits per heavy atom. The molecule has 1 nitrogen and oxygen atoms in total. The van der Waals surface area contributed by atoms with E-state index in [2.05, 4.69) is 26.8 Å². The zero-order valence-electron chi connectivity index (χ0n) is 7.55. The van der Waals surface area contributed by atoms with Gasteiger partial charge in [0.05, 0.1) is 0 Å². The highest BCUT2D eigenvalue weighted by Crippen LogP contribution is 2.27. The van der Waals surface area contributed by atoms with Crippen LogP contribution in [0.1, 0.15) is 33.6 Å². The lowest BCUT2D eigenvalue weighted by Crippen LogP contribution is -2.23. The van der Waals surface area contributed by atoms with E-state index in [1.54, 1.807) is 0 Å². The van der Waals surface area contributed by atoms with Crippen molar-refractivity contribution in [3.05, 3.63) is 11.6 Å². The Morgan fingerprint density at radius 3 is 2.55 bits per heavy atom. The first-order chi connectivity index (χ1) is 5.13. The molecule has 62 valence electrons. The number of carbonyl (C=O) groups excluding carboxylic acids is 1. The Bertz CT molecular complexity index is 189. The lowest BCUT2D eigenvalue weighted by molar-refractivity contribution is -0.123. The van der Waals surface area contributed by atoms with Crippen LogP contribution in [0.4, 0.5) is 0 Å². The van der Waals surface area contributed by atoms with Gasteiger partial charge in [0.25, 0.3) is 0 Å².